The lowest BCUT2D eigenvalue weighted by Crippen LogP contribution is -2.30. The van der Waals surface area contributed by atoms with Gasteiger partial charge in [-0.3, -0.25) is 14.4 Å². The highest BCUT2D eigenvalue weighted by Gasteiger charge is 2.19. The number of unbranched alkanes of at least 4 members (excludes halogenated alkanes) is 29. The monoisotopic (exact) mass is 909 g/mol. The Morgan fingerprint density at radius 2 is 0.554 bits per heavy atom. The Bertz CT molecular complexity index is 1180. The van der Waals surface area contributed by atoms with Crippen LogP contribution in [0.3, 0.4) is 0 Å². The Balaban J connectivity index is 4.44. The van der Waals surface area contributed by atoms with Crippen molar-refractivity contribution in [2.45, 2.75) is 284 Å². The average molecular weight is 909 g/mol. The summed E-state index contributed by atoms with van der Waals surface area (Å²) in [5.74, 6) is -0.919. The van der Waals surface area contributed by atoms with Crippen molar-refractivity contribution in [3.63, 3.8) is 0 Å². The molecule has 0 aromatic rings. The van der Waals surface area contributed by atoms with Crippen molar-refractivity contribution in [3.05, 3.63) is 60.8 Å². The van der Waals surface area contributed by atoms with Crippen LogP contribution in [-0.4, -0.2) is 37.2 Å². The predicted molar refractivity (Wildman–Crippen MR) is 279 cm³/mol. The molecule has 0 saturated carbocycles. The summed E-state index contributed by atoms with van der Waals surface area (Å²) in [6.45, 7) is 6.59. The van der Waals surface area contributed by atoms with Gasteiger partial charge in [-0.05, 0) is 89.9 Å². The molecule has 376 valence electrons. The summed E-state index contributed by atoms with van der Waals surface area (Å²) in [5.41, 5.74) is 0. The van der Waals surface area contributed by atoms with Crippen molar-refractivity contribution in [3.8, 4) is 0 Å². The lowest BCUT2D eigenvalue weighted by atomic mass is 10.0. The summed E-state index contributed by atoms with van der Waals surface area (Å²) in [4.78, 5) is 38.1. The molecule has 0 N–H and O–H groups in total. The Labute approximate surface area is 402 Å². The molecule has 0 unspecified atom stereocenters. The summed E-state index contributed by atoms with van der Waals surface area (Å²) in [7, 11) is 0. The molecule has 0 aromatic heterocycles. The minimum Gasteiger partial charge on any atom is -0.462 e. The molecular weight excluding hydrogens is 805 g/mol. The smallest absolute Gasteiger partial charge is 0.306 e. The van der Waals surface area contributed by atoms with Crippen LogP contribution in [-0.2, 0) is 28.6 Å². The predicted octanol–water partition coefficient (Wildman–Crippen LogP) is 18.4. The molecule has 0 fully saturated rings. The highest BCUT2D eigenvalue weighted by Crippen LogP contribution is 2.15. The first-order valence-electron chi connectivity index (χ1n) is 27.8. The Morgan fingerprint density at radius 3 is 0.923 bits per heavy atom. The van der Waals surface area contributed by atoms with Gasteiger partial charge in [-0.25, -0.2) is 0 Å². The summed E-state index contributed by atoms with van der Waals surface area (Å²) in [6.07, 6.45) is 66.3. The molecule has 0 amide bonds. The van der Waals surface area contributed by atoms with E-state index in [1.165, 1.54) is 148 Å². The number of rotatable bonds is 50. The molecule has 0 radical (unpaired) electrons. The molecule has 65 heavy (non-hydrogen) atoms. The fourth-order valence-electron chi connectivity index (χ4n) is 7.77. The van der Waals surface area contributed by atoms with Crippen LogP contribution in [0.5, 0.6) is 0 Å². The van der Waals surface area contributed by atoms with E-state index in [1.54, 1.807) is 0 Å². The van der Waals surface area contributed by atoms with Crippen molar-refractivity contribution in [2.24, 2.45) is 0 Å². The molecule has 0 aromatic carbocycles. The third kappa shape index (κ3) is 51.9. The van der Waals surface area contributed by atoms with Crippen LogP contribution in [0.25, 0.3) is 0 Å². The van der Waals surface area contributed by atoms with Crippen LogP contribution in [0.1, 0.15) is 278 Å². The Hall–Kier alpha value is -2.89. The molecule has 0 bridgehead atoms. The van der Waals surface area contributed by atoms with Crippen molar-refractivity contribution >= 4 is 17.9 Å². The minimum atomic E-state index is -0.792. The zero-order valence-electron chi connectivity index (χ0n) is 43.0. The molecule has 6 nitrogen and oxygen atoms in total. The molecule has 6 heteroatoms. The van der Waals surface area contributed by atoms with Crippen LogP contribution >= 0.6 is 0 Å². The van der Waals surface area contributed by atoms with Gasteiger partial charge in [0.2, 0.25) is 0 Å². The van der Waals surface area contributed by atoms with Gasteiger partial charge in [0.1, 0.15) is 13.2 Å². The number of hydrogen-bond acceptors (Lipinski definition) is 6. The van der Waals surface area contributed by atoms with E-state index >= 15 is 0 Å². The molecule has 0 aliphatic heterocycles. The van der Waals surface area contributed by atoms with E-state index in [0.717, 1.165) is 89.9 Å². The maximum atomic E-state index is 12.8. The first kappa shape index (κ1) is 62.1. The van der Waals surface area contributed by atoms with Gasteiger partial charge in [-0.2, -0.15) is 0 Å². The topological polar surface area (TPSA) is 78.9 Å². The van der Waals surface area contributed by atoms with Crippen molar-refractivity contribution in [2.75, 3.05) is 13.2 Å². The van der Waals surface area contributed by atoms with E-state index in [1.807, 2.05) is 0 Å². The van der Waals surface area contributed by atoms with E-state index in [4.69, 9.17) is 14.2 Å². The first-order valence-corrected chi connectivity index (χ1v) is 27.8. The summed E-state index contributed by atoms with van der Waals surface area (Å²) < 4.78 is 16.8. The molecule has 0 aliphatic carbocycles. The zero-order valence-corrected chi connectivity index (χ0v) is 43.0. The highest BCUT2D eigenvalue weighted by molar-refractivity contribution is 5.71. The second-order valence-corrected chi connectivity index (χ2v) is 18.5. The lowest BCUT2D eigenvalue weighted by molar-refractivity contribution is -0.167. The van der Waals surface area contributed by atoms with Gasteiger partial charge in [0, 0.05) is 19.3 Å². The summed E-state index contributed by atoms with van der Waals surface area (Å²) in [5, 5.41) is 0. The van der Waals surface area contributed by atoms with Gasteiger partial charge in [0.25, 0.3) is 0 Å². The number of carbonyl (C=O) groups is 3. The standard InChI is InChI=1S/C59H104O6/c1-4-7-10-13-16-19-22-25-27-28-29-30-32-35-38-41-44-47-50-53-59(62)65-56(54-63-57(60)51-48-45-42-39-36-33-24-21-18-15-12-9-6-3)55-64-58(61)52-49-46-43-40-37-34-31-26-23-20-17-14-11-8-5-2/h16,19,25-27,29-31,35,38,56H,4-15,17-18,20-24,28,32-34,36-37,39-55H2,1-3H3/b19-16-,27-25-,30-29-,31-26-,38-35-/t56-/m0/s1. The largest absolute Gasteiger partial charge is 0.462 e. The Morgan fingerprint density at radius 1 is 0.308 bits per heavy atom. The SMILES string of the molecule is CCCCC/C=C\C/C=C\C/C=C\C/C=C\CCCCCC(=O)O[C@H](COC(=O)CCCCCCC/C=C\CCCCCCCC)COC(=O)CCCCCCCCCCCCCCC. The van der Waals surface area contributed by atoms with Gasteiger partial charge >= 0.3 is 17.9 Å². The third-order valence-corrected chi connectivity index (χ3v) is 12.0. The van der Waals surface area contributed by atoms with Crippen LogP contribution in [0.2, 0.25) is 0 Å². The second-order valence-electron chi connectivity index (χ2n) is 18.5. The fraction of sp³-hybridized carbons (Fsp3) is 0.780. The van der Waals surface area contributed by atoms with E-state index in [-0.39, 0.29) is 31.1 Å². The molecular formula is C59H104O6. The number of carbonyl (C=O) groups excluding carboxylic acids is 3. The normalized spacial score (nSPS) is 12.5. The van der Waals surface area contributed by atoms with Crippen LogP contribution in [0.4, 0.5) is 0 Å². The molecule has 0 heterocycles. The number of ether oxygens (including phenoxy) is 3. The lowest BCUT2D eigenvalue weighted by Gasteiger charge is -2.18. The molecule has 0 saturated heterocycles. The third-order valence-electron chi connectivity index (χ3n) is 12.0. The average Bonchev–Trinajstić information content (AvgIpc) is 3.30. The molecule has 0 aliphatic rings. The summed E-state index contributed by atoms with van der Waals surface area (Å²) >= 11 is 0. The van der Waals surface area contributed by atoms with E-state index in [9.17, 15) is 14.4 Å². The van der Waals surface area contributed by atoms with Crippen LogP contribution < -0.4 is 0 Å². The number of esters is 3. The van der Waals surface area contributed by atoms with Gasteiger partial charge < -0.3 is 14.2 Å². The van der Waals surface area contributed by atoms with Crippen molar-refractivity contribution < 1.29 is 28.6 Å². The molecule has 0 rings (SSSR count). The van der Waals surface area contributed by atoms with Gasteiger partial charge in [-0.15, -0.1) is 0 Å². The maximum Gasteiger partial charge on any atom is 0.306 e. The van der Waals surface area contributed by atoms with Crippen LogP contribution in [0.15, 0.2) is 60.8 Å². The summed E-state index contributed by atoms with van der Waals surface area (Å²) in [6, 6.07) is 0. The Kier molecular flexibility index (Phi) is 51.3. The highest BCUT2D eigenvalue weighted by atomic mass is 16.6. The van der Waals surface area contributed by atoms with Crippen LogP contribution in [0, 0.1) is 0 Å². The maximum absolute atomic E-state index is 12.8. The molecule has 1 atom stereocenters. The van der Waals surface area contributed by atoms with Gasteiger partial charge in [0.15, 0.2) is 6.10 Å². The van der Waals surface area contributed by atoms with E-state index in [0.29, 0.717) is 19.3 Å². The molecule has 0 spiro atoms. The second kappa shape index (κ2) is 53.7. The number of hydrogen-bond donors (Lipinski definition) is 0. The van der Waals surface area contributed by atoms with E-state index < -0.39 is 6.10 Å². The zero-order chi connectivity index (χ0) is 47.2. The van der Waals surface area contributed by atoms with Crippen molar-refractivity contribution in [1.29, 1.82) is 0 Å². The van der Waals surface area contributed by atoms with Gasteiger partial charge in [-0.1, -0.05) is 229 Å². The van der Waals surface area contributed by atoms with E-state index in [2.05, 4.69) is 81.5 Å². The minimum absolute atomic E-state index is 0.0875. The number of allylic oxidation sites excluding steroid dienone is 10. The first-order chi connectivity index (χ1) is 32.0. The quantitative estimate of drug-likeness (QED) is 0.0262. The fourth-order valence-corrected chi connectivity index (χ4v) is 7.77. The van der Waals surface area contributed by atoms with Crippen molar-refractivity contribution in [1.82, 2.24) is 0 Å². The van der Waals surface area contributed by atoms with Gasteiger partial charge in [0.05, 0.1) is 0 Å².